The Morgan fingerprint density at radius 1 is 1.91 bits per heavy atom. The molecule has 0 spiro atoms. The Morgan fingerprint density at radius 3 is 3.09 bits per heavy atom. The lowest BCUT2D eigenvalue weighted by atomic mass is 10.6. The Labute approximate surface area is 74.3 Å². The first-order chi connectivity index (χ1) is 5.20. The molecule has 1 heterocycles. The summed E-state index contributed by atoms with van der Waals surface area (Å²) in [6.45, 7) is 4.40. The summed E-state index contributed by atoms with van der Waals surface area (Å²) < 4.78 is 2.83. The Morgan fingerprint density at radius 2 is 2.64 bits per heavy atom. The predicted octanol–water partition coefficient (Wildman–Crippen LogP) is 1.74. The van der Waals surface area contributed by atoms with Gasteiger partial charge in [0, 0.05) is 30.5 Å². The molecular formula is C7H10BrN3. The lowest BCUT2D eigenvalue weighted by molar-refractivity contribution is 0.912. The highest BCUT2D eigenvalue weighted by Gasteiger charge is 1.95. The highest BCUT2D eigenvalue weighted by atomic mass is 79.9. The van der Waals surface area contributed by atoms with E-state index in [1.165, 1.54) is 0 Å². The van der Waals surface area contributed by atoms with E-state index in [1.54, 1.807) is 6.20 Å². The van der Waals surface area contributed by atoms with Crippen molar-refractivity contribution in [3.8, 4) is 0 Å². The van der Waals surface area contributed by atoms with Gasteiger partial charge in [-0.3, -0.25) is 0 Å². The molecule has 0 aliphatic heterocycles. The van der Waals surface area contributed by atoms with Crippen LogP contribution in [-0.4, -0.2) is 16.1 Å². The molecule has 0 aliphatic rings. The second-order valence-electron chi connectivity index (χ2n) is 2.23. The molecule has 3 nitrogen and oxygen atoms in total. The average molecular weight is 216 g/mol. The van der Waals surface area contributed by atoms with Gasteiger partial charge in [-0.15, -0.1) is 0 Å². The van der Waals surface area contributed by atoms with Crippen molar-refractivity contribution in [3.05, 3.63) is 23.5 Å². The maximum atomic E-state index is 4.08. The van der Waals surface area contributed by atoms with Gasteiger partial charge in [-0.25, -0.2) is 4.98 Å². The topological polar surface area (TPSA) is 29.9 Å². The van der Waals surface area contributed by atoms with Crippen LogP contribution in [0.4, 0.5) is 5.95 Å². The van der Waals surface area contributed by atoms with Gasteiger partial charge in [0.05, 0.1) is 0 Å². The molecule has 0 atom stereocenters. The van der Waals surface area contributed by atoms with Crippen molar-refractivity contribution >= 4 is 21.9 Å². The van der Waals surface area contributed by atoms with E-state index in [9.17, 15) is 0 Å². The Balaban J connectivity index is 2.51. The number of aromatic nitrogens is 2. The third-order valence-electron chi connectivity index (χ3n) is 1.26. The van der Waals surface area contributed by atoms with Crippen molar-refractivity contribution in [2.45, 2.75) is 0 Å². The molecule has 0 fully saturated rings. The molecule has 0 aliphatic carbocycles. The van der Waals surface area contributed by atoms with E-state index < -0.39 is 0 Å². The van der Waals surface area contributed by atoms with E-state index in [0.717, 1.165) is 10.4 Å². The number of rotatable bonds is 3. The summed E-state index contributed by atoms with van der Waals surface area (Å²) in [5.41, 5.74) is 0. The second kappa shape index (κ2) is 3.57. The number of anilines is 1. The van der Waals surface area contributed by atoms with E-state index >= 15 is 0 Å². The summed E-state index contributed by atoms with van der Waals surface area (Å²) in [6.07, 6.45) is 3.64. The van der Waals surface area contributed by atoms with Gasteiger partial charge in [-0.05, 0) is 0 Å². The van der Waals surface area contributed by atoms with Crippen LogP contribution in [0.5, 0.6) is 0 Å². The van der Waals surface area contributed by atoms with Gasteiger partial charge in [0.25, 0.3) is 0 Å². The average Bonchev–Trinajstić information content (AvgIpc) is 2.31. The van der Waals surface area contributed by atoms with Crippen LogP contribution in [-0.2, 0) is 7.05 Å². The van der Waals surface area contributed by atoms with Gasteiger partial charge in [0.15, 0.2) is 0 Å². The van der Waals surface area contributed by atoms with Crippen LogP contribution in [0.15, 0.2) is 23.5 Å². The minimum Gasteiger partial charge on any atom is -0.351 e. The van der Waals surface area contributed by atoms with E-state index in [4.69, 9.17) is 0 Å². The fourth-order valence-corrected chi connectivity index (χ4v) is 0.851. The van der Waals surface area contributed by atoms with Crippen LogP contribution in [0.2, 0.25) is 0 Å². The van der Waals surface area contributed by atoms with Gasteiger partial charge < -0.3 is 9.88 Å². The maximum absolute atomic E-state index is 4.08. The Bertz CT molecular complexity index is 254. The molecule has 0 radical (unpaired) electrons. The van der Waals surface area contributed by atoms with E-state index in [0.29, 0.717) is 6.54 Å². The van der Waals surface area contributed by atoms with Gasteiger partial charge in [0.2, 0.25) is 5.95 Å². The van der Waals surface area contributed by atoms with Gasteiger partial charge in [-0.2, -0.15) is 0 Å². The molecule has 0 bridgehead atoms. The van der Waals surface area contributed by atoms with Crippen LogP contribution >= 0.6 is 15.9 Å². The molecule has 0 amide bonds. The van der Waals surface area contributed by atoms with Crippen LogP contribution in [0.25, 0.3) is 0 Å². The molecule has 1 aromatic rings. The lowest BCUT2D eigenvalue weighted by Crippen LogP contribution is -2.05. The van der Waals surface area contributed by atoms with Crippen molar-refractivity contribution in [1.29, 1.82) is 0 Å². The summed E-state index contributed by atoms with van der Waals surface area (Å²) >= 11 is 3.25. The zero-order chi connectivity index (χ0) is 8.27. The summed E-state index contributed by atoms with van der Waals surface area (Å²) in [6, 6.07) is 0. The van der Waals surface area contributed by atoms with Crippen LogP contribution < -0.4 is 5.32 Å². The molecule has 0 unspecified atom stereocenters. The number of nitrogens with one attached hydrogen (secondary N) is 1. The van der Waals surface area contributed by atoms with Crippen LogP contribution in [0, 0.1) is 0 Å². The van der Waals surface area contributed by atoms with E-state index in [2.05, 4.69) is 32.8 Å². The first-order valence-corrected chi connectivity index (χ1v) is 4.04. The molecule has 0 aromatic carbocycles. The standard InChI is InChI=1S/C7H10BrN3/c1-6(8)5-10-7-9-3-4-11(7)2/h3-4H,1,5H2,2H3,(H,9,10). The van der Waals surface area contributed by atoms with Crippen LogP contribution in [0.1, 0.15) is 0 Å². The molecule has 1 aromatic heterocycles. The molecule has 1 N–H and O–H groups in total. The summed E-state index contributed by atoms with van der Waals surface area (Å²) in [5.74, 6) is 0.852. The fraction of sp³-hybridized carbons (Fsp3) is 0.286. The molecule has 0 saturated carbocycles. The quantitative estimate of drug-likeness (QED) is 0.833. The fourth-order valence-electron chi connectivity index (χ4n) is 0.711. The summed E-state index contributed by atoms with van der Waals surface area (Å²) in [4.78, 5) is 4.08. The number of aryl methyl sites for hydroxylation is 1. The molecule has 60 valence electrons. The van der Waals surface area contributed by atoms with Crippen molar-refractivity contribution in [2.75, 3.05) is 11.9 Å². The van der Waals surface area contributed by atoms with Crippen LogP contribution in [0.3, 0.4) is 0 Å². The smallest absolute Gasteiger partial charge is 0.202 e. The first kappa shape index (κ1) is 8.33. The molecule has 11 heavy (non-hydrogen) atoms. The Kier molecular flexibility index (Phi) is 2.70. The zero-order valence-corrected chi connectivity index (χ0v) is 7.93. The summed E-state index contributed by atoms with van der Waals surface area (Å²) in [5, 5.41) is 3.10. The number of hydrogen-bond donors (Lipinski definition) is 1. The van der Waals surface area contributed by atoms with Gasteiger partial charge in [0.1, 0.15) is 0 Å². The van der Waals surface area contributed by atoms with Gasteiger partial charge in [-0.1, -0.05) is 22.5 Å². The molecule has 0 saturated heterocycles. The SMILES string of the molecule is C=C(Br)CNc1nccn1C. The maximum Gasteiger partial charge on any atom is 0.202 e. The third kappa shape index (κ3) is 2.38. The monoisotopic (exact) mass is 215 g/mol. The lowest BCUT2D eigenvalue weighted by Gasteiger charge is -2.03. The minimum absolute atomic E-state index is 0.699. The molecule has 1 rings (SSSR count). The number of imidazole rings is 1. The number of nitrogens with zero attached hydrogens (tertiary/aromatic N) is 2. The van der Waals surface area contributed by atoms with E-state index in [-0.39, 0.29) is 0 Å². The highest BCUT2D eigenvalue weighted by Crippen LogP contribution is 2.04. The molecule has 4 heteroatoms. The van der Waals surface area contributed by atoms with Crippen molar-refractivity contribution in [2.24, 2.45) is 7.05 Å². The van der Waals surface area contributed by atoms with Crippen molar-refractivity contribution in [1.82, 2.24) is 9.55 Å². The zero-order valence-electron chi connectivity index (χ0n) is 6.34. The van der Waals surface area contributed by atoms with Gasteiger partial charge >= 0.3 is 0 Å². The molecular weight excluding hydrogens is 206 g/mol. The largest absolute Gasteiger partial charge is 0.351 e. The summed E-state index contributed by atoms with van der Waals surface area (Å²) in [7, 11) is 1.94. The Hall–Kier alpha value is -0.770. The predicted molar refractivity (Wildman–Crippen MR) is 49.8 cm³/mol. The highest BCUT2D eigenvalue weighted by molar-refractivity contribution is 9.11. The van der Waals surface area contributed by atoms with Crippen molar-refractivity contribution in [3.63, 3.8) is 0 Å². The first-order valence-electron chi connectivity index (χ1n) is 3.24. The number of halogens is 1. The van der Waals surface area contributed by atoms with E-state index in [1.807, 2.05) is 17.8 Å². The van der Waals surface area contributed by atoms with Crippen molar-refractivity contribution < 1.29 is 0 Å². The second-order valence-corrected chi connectivity index (χ2v) is 3.35. The third-order valence-corrected chi connectivity index (χ3v) is 1.54. The minimum atomic E-state index is 0.699. The number of hydrogen-bond acceptors (Lipinski definition) is 2. The normalized spacial score (nSPS) is 9.64.